The van der Waals surface area contributed by atoms with E-state index in [-0.39, 0.29) is 5.91 Å². The lowest BCUT2D eigenvalue weighted by molar-refractivity contribution is 0.0967. The number of hydrogen-bond acceptors (Lipinski definition) is 6. The smallest absolute Gasteiger partial charge is 0.261 e. The third kappa shape index (κ3) is 3.28. The molecule has 9 heteroatoms. The molecule has 2 N–H and O–H groups in total. The van der Waals surface area contributed by atoms with Gasteiger partial charge in [0.1, 0.15) is 5.69 Å². The fourth-order valence-corrected chi connectivity index (χ4v) is 3.76. The number of nitrogens with one attached hydrogen (secondary N) is 2. The predicted octanol–water partition coefficient (Wildman–Crippen LogP) is 4.25. The lowest BCUT2D eigenvalue weighted by Crippen LogP contribution is -2.16. The van der Waals surface area contributed by atoms with Crippen molar-refractivity contribution in [1.29, 1.82) is 0 Å². The molecule has 0 aliphatic rings. The van der Waals surface area contributed by atoms with Crippen LogP contribution in [-0.4, -0.2) is 34.8 Å². The second-order valence-electron chi connectivity index (χ2n) is 5.87. The molecule has 4 rings (SSSR count). The quantitative estimate of drug-likeness (QED) is 0.511. The van der Waals surface area contributed by atoms with Crippen LogP contribution in [0.1, 0.15) is 9.67 Å². The Morgan fingerprint density at radius 2 is 2.07 bits per heavy atom. The number of halogens is 1. The Morgan fingerprint density at radius 1 is 1.25 bits per heavy atom. The second-order valence-corrected chi connectivity index (χ2v) is 7.19. The van der Waals surface area contributed by atoms with Crippen LogP contribution in [0, 0.1) is 0 Å². The Hall–Kier alpha value is -3.10. The Bertz CT molecular complexity index is 1170. The van der Waals surface area contributed by atoms with Crippen LogP contribution in [0.5, 0.6) is 5.88 Å². The van der Waals surface area contributed by atoms with Crippen LogP contribution in [0.3, 0.4) is 0 Å². The molecule has 0 spiro atoms. The molecule has 142 valence electrons. The van der Waals surface area contributed by atoms with Crippen LogP contribution in [0.15, 0.2) is 48.0 Å². The van der Waals surface area contributed by atoms with Gasteiger partial charge in [-0.15, -0.1) is 11.3 Å². The number of pyridine rings is 1. The van der Waals surface area contributed by atoms with Crippen LogP contribution in [0.2, 0.25) is 5.02 Å². The normalized spacial score (nSPS) is 10.8. The second kappa shape index (κ2) is 7.49. The highest BCUT2D eigenvalue weighted by atomic mass is 35.5. The van der Waals surface area contributed by atoms with Crippen molar-refractivity contribution in [3.63, 3.8) is 0 Å². The third-order valence-corrected chi connectivity index (χ3v) is 5.37. The van der Waals surface area contributed by atoms with Gasteiger partial charge in [0.25, 0.3) is 5.91 Å². The van der Waals surface area contributed by atoms with Crippen LogP contribution >= 0.6 is 22.9 Å². The molecule has 0 aliphatic heterocycles. The Morgan fingerprint density at radius 3 is 2.82 bits per heavy atom. The van der Waals surface area contributed by atoms with E-state index >= 15 is 0 Å². The summed E-state index contributed by atoms with van der Waals surface area (Å²) in [5, 5.41) is 13.6. The van der Waals surface area contributed by atoms with E-state index in [4.69, 9.17) is 16.3 Å². The number of anilines is 2. The molecule has 0 saturated carbocycles. The minimum Gasteiger partial charge on any atom is -0.479 e. The number of methoxy groups -OCH3 is 1. The van der Waals surface area contributed by atoms with Crippen LogP contribution < -0.4 is 15.4 Å². The maximum Gasteiger partial charge on any atom is 0.261 e. The maximum absolute atomic E-state index is 11.8. The van der Waals surface area contributed by atoms with Gasteiger partial charge in [-0.3, -0.25) is 4.79 Å². The molecular formula is C19H16ClN5O2S. The summed E-state index contributed by atoms with van der Waals surface area (Å²) in [5.41, 5.74) is 2.82. The molecule has 0 bridgehead atoms. The summed E-state index contributed by atoms with van der Waals surface area (Å²) >= 11 is 7.59. The summed E-state index contributed by atoms with van der Waals surface area (Å²) in [6, 6.07) is 11.1. The van der Waals surface area contributed by atoms with Crippen LogP contribution in [0.4, 0.5) is 11.4 Å². The zero-order chi connectivity index (χ0) is 19.7. The minimum atomic E-state index is -0.135. The van der Waals surface area contributed by atoms with Crippen molar-refractivity contribution in [2.24, 2.45) is 0 Å². The van der Waals surface area contributed by atoms with E-state index in [0.29, 0.717) is 27.1 Å². The first-order valence-electron chi connectivity index (χ1n) is 8.36. The average Bonchev–Trinajstić information content (AvgIpc) is 3.35. The van der Waals surface area contributed by atoms with Crippen LogP contribution in [0.25, 0.3) is 16.7 Å². The first kappa shape index (κ1) is 18.3. The fraction of sp³-hybridized carbons (Fsp3) is 0.105. The molecule has 0 radical (unpaired) electrons. The molecule has 1 amide bonds. The van der Waals surface area contributed by atoms with E-state index in [0.717, 1.165) is 16.8 Å². The molecule has 7 nitrogen and oxygen atoms in total. The van der Waals surface area contributed by atoms with Gasteiger partial charge in [-0.1, -0.05) is 23.7 Å². The number of fused-ring (bicyclic) bond motifs is 1. The summed E-state index contributed by atoms with van der Waals surface area (Å²) in [7, 11) is 3.16. The van der Waals surface area contributed by atoms with Gasteiger partial charge in [0.15, 0.2) is 5.65 Å². The number of ether oxygens (including phenoxy) is 1. The Labute approximate surface area is 169 Å². The molecule has 4 aromatic rings. The number of carbonyl (C=O) groups is 1. The number of nitrogens with zero attached hydrogens (tertiary/aromatic N) is 3. The van der Waals surface area contributed by atoms with Gasteiger partial charge in [-0.05, 0) is 24.3 Å². The van der Waals surface area contributed by atoms with Crippen molar-refractivity contribution < 1.29 is 9.53 Å². The molecule has 0 aliphatic carbocycles. The first-order chi connectivity index (χ1) is 13.6. The highest BCUT2D eigenvalue weighted by Gasteiger charge is 2.16. The molecule has 28 heavy (non-hydrogen) atoms. The van der Waals surface area contributed by atoms with Crippen molar-refractivity contribution in [3.05, 3.63) is 57.9 Å². The lowest BCUT2D eigenvalue weighted by atomic mass is 10.2. The zero-order valence-electron chi connectivity index (χ0n) is 15.1. The molecule has 0 atom stereocenters. The Kier molecular flexibility index (Phi) is 4.89. The fourth-order valence-electron chi connectivity index (χ4n) is 2.76. The SMILES string of the molecule is CNC(=O)c1cc(-n2ncc3cc(Nc4ccccc4Cl)c(OC)nc32)cs1. The predicted molar refractivity (Wildman–Crippen MR) is 111 cm³/mol. The van der Waals surface area contributed by atoms with Gasteiger partial charge in [0.05, 0.1) is 34.6 Å². The van der Waals surface area contributed by atoms with Gasteiger partial charge < -0.3 is 15.4 Å². The molecule has 0 fully saturated rings. The number of aromatic nitrogens is 3. The third-order valence-electron chi connectivity index (χ3n) is 4.13. The monoisotopic (exact) mass is 413 g/mol. The summed E-state index contributed by atoms with van der Waals surface area (Å²) in [4.78, 5) is 17.0. The highest BCUT2D eigenvalue weighted by Crippen LogP contribution is 2.33. The highest BCUT2D eigenvalue weighted by molar-refractivity contribution is 7.12. The largest absolute Gasteiger partial charge is 0.479 e. The van der Waals surface area contributed by atoms with E-state index in [1.165, 1.54) is 11.3 Å². The summed E-state index contributed by atoms with van der Waals surface area (Å²) < 4.78 is 7.15. The van der Waals surface area contributed by atoms with Crippen molar-refractivity contribution >= 4 is 51.3 Å². The van der Waals surface area contributed by atoms with Crippen LogP contribution in [-0.2, 0) is 0 Å². The average molecular weight is 414 g/mol. The van der Waals surface area contributed by atoms with Crippen molar-refractivity contribution in [3.8, 4) is 11.6 Å². The van der Waals surface area contributed by atoms with Crippen molar-refractivity contribution in [2.45, 2.75) is 0 Å². The molecule has 3 aromatic heterocycles. The minimum absolute atomic E-state index is 0.135. The van der Waals surface area contributed by atoms with Crippen molar-refractivity contribution in [2.75, 3.05) is 19.5 Å². The van der Waals surface area contributed by atoms with Gasteiger partial charge in [0, 0.05) is 17.8 Å². The van der Waals surface area contributed by atoms with Gasteiger partial charge >= 0.3 is 0 Å². The number of amides is 1. The molecule has 0 saturated heterocycles. The van der Waals surface area contributed by atoms with E-state index in [2.05, 4.69) is 20.7 Å². The zero-order valence-corrected chi connectivity index (χ0v) is 16.6. The number of para-hydroxylation sites is 1. The first-order valence-corrected chi connectivity index (χ1v) is 9.61. The van der Waals surface area contributed by atoms with Gasteiger partial charge in [-0.25, -0.2) is 4.68 Å². The van der Waals surface area contributed by atoms with Gasteiger partial charge in [0.2, 0.25) is 5.88 Å². The van der Waals surface area contributed by atoms with Gasteiger partial charge in [-0.2, -0.15) is 10.1 Å². The van der Waals surface area contributed by atoms with E-state index in [1.807, 2.05) is 29.6 Å². The number of rotatable bonds is 5. The molecule has 3 heterocycles. The number of carbonyl (C=O) groups excluding carboxylic acids is 1. The number of thiophene rings is 1. The topological polar surface area (TPSA) is 81.1 Å². The Balaban J connectivity index is 1.75. The van der Waals surface area contributed by atoms with E-state index < -0.39 is 0 Å². The summed E-state index contributed by atoms with van der Waals surface area (Å²) in [6.07, 6.45) is 1.72. The maximum atomic E-state index is 11.8. The molecule has 0 unspecified atom stereocenters. The van der Waals surface area contributed by atoms with E-state index in [9.17, 15) is 4.79 Å². The summed E-state index contributed by atoms with van der Waals surface area (Å²) in [6.45, 7) is 0. The lowest BCUT2D eigenvalue weighted by Gasteiger charge is -2.12. The number of benzene rings is 1. The molecular weight excluding hydrogens is 398 g/mol. The summed E-state index contributed by atoms with van der Waals surface area (Å²) in [5.74, 6) is 0.278. The number of hydrogen-bond donors (Lipinski definition) is 2. The standard InChI is InChI=1S/C19H16ClN5O2S/c1-21-18(26)16-8-12(10-28-16)25-17-11(9-22-25)7-15(19(24-17)27-2)23-14-6-4-3-5-13(14)20/h3-10,23H,1-2H3,(H,21,26). The van der Waals surface area contributed by atoms with E-state index in [1.54, 1.807) is 37.2 Å². The molecule has 1 aromatic carbocycles. The van der Waals surface area contributed by atoms with Crippen molar-refractivity contribution in [1.82, 2.24) is 20.1 Å².